The first-order valence-corrected chi connectivity index (χ1v) is 9.81. The van der Waals surface area contributed by atoms with Gasteiger partial charge in [0, 0.05) is 0 Å². The number of rotatable bonds is 4. The van der Waals surface area contributed by atoms with Crippen molar-refractivity contribution >= 4 is 22.7 Å². The third-order valence-electron chi connectivity index (χ3n) is 6.50. The van der Waals surface area contributed by atoms with Gasteiger partial charge >= 0.3 is 11.9 Å². The third kappa shape index (κ3) is 2.67. The Morgan fingerprint density at radius 1 is 0.714 bits per heavy atom. The molecule has 2 aromatic rings. The lowest BCUT2D eigenvalue weighted by molar-refractivity contribution is -0.144. The molecule has 28 heavy (non-hydrogen) atoms. The summed E-state index contributed by atoms with van der Waals surface area (Å²) in [5.41, 5.74) is -0.552. The van der Waals surface area contributed by atoms with E-state index in [-0.39, 0.29) is 0 Å². The zero-order valence-corrected chi connectivity index (χ0v) is 15.7. The van der Waals surface area contributed by atoms with Crippen molar-refractivity contribution < 1.29 is 19.8 Å². The molecule has 144 valence electrons. The molecule has 2 aliphatic carbocycles. The molecule has 2 unspecified atom stereocenters. The molecule has 0 saturated carbocycles. The van der Waals surface area contributed by atoms with Crippen molar-refractivity contribution in [2.24, 2.45) is 0 Å². The Balaban J connectivity index is 2.05. The minimum absolute atomic E-state index is 0.426. The Labute approximate surface area is 164 Å². The van der Waals surface area contributed by atoms with E-state index in [1.165, 1.54) is 0 Å². The second kappa shape index (κ2) is 6.93. The molecule has 0 radical (unpaired) electrons. The molecular weight excluding hydrogens is 352 g/mol. The molecule has 0 fully saturated rings. The number of aliphatic carboxylic acids is 2. The van der Waals surface area contributed by atoms with Crippen LogP contribution in [0.3, 0.4) is 0 Å². The maximum absolute atomic E-state index is 12.5. The number of hydrogen-bond donors (Lipinski definition) is 2. The number of carboxylic acid groups (broad SMARTS) is 2. The Kier molecular flexibility index (Phi) is 4.58. The van der Waals surface area contributed by atoms with Crippen LogP contribution in [0.15, 0.2) is 60.7 Å². The molecular formula is C24H24O4. The highest BCUT2D eigenvalue weighted by Crippen LogP contribution is 2.46. The summed E-state index contributed by atoms with van der Waals surface area (Å²) in [4.78, 5) is 24.9. The van der Waals surface area contributed by atoms with Gasteiger partial charge in [0.15, 0.2) is 0 Å². The van der Waals surface area contributed by atoms with Gasteiger partial charge in [0.25, 0.3) is 0 Å². The van der Waals surface area contributed by atoms with E-state index in [4.69, 9.17) is 0 Å². The van der Waals surface area contributed by atoms with Crippen LogP contribution in [0.2, 0.25) is 0 Å². The van der Waals surface area contributed by atoms with Crippen LogP contribution in [-0.4, -0.2) is 22.2 Å². The first-order valence-electron chi connectivity index (χ1n) is 9.81. The van der Waals surface area contributed by atoms with E-state index in [1.807, 2.05) is 60.7 Å². The summed E-state index contributed by atoms with van der Waals surface area (Å²) < 4.78 is 0. The quantitative estimate of drug-likeness (QED) is 0.739. The minimum atomic E-state index is -1.02. The summed E-state index contributed by atoms with van der Waals surface area (Å²) in [7, 11) is 0. The summed E-state index contributed by atoms with van der Waals surface area (Å²) in [6.07, 6.45) is 11.2. The zero-order chi connectivity index (χ0) is 19.8. The van der Waals surface area contributed by atoms with Gasteiger partial charge in [-0.1, -0.05) is 60.7 Å². The number of benzene rings is 2. The van der Waals surface area contributed by atoms with Crippen molar-refractivity contribution in [3.8, 4) is 0 Å². The summed E-state index contributed by atoms with van der Waals surface area (Å²) in [5, 5.41) is 22.1. The van der Waals surface area contributed by atoms with Crippen LogP contribution in [0, 0.1) is 0 Å². The molecule has 2 aliphatic rings. The van der Waals surface area contributed by atoms with Crippen molar-refractivity contribution in [1.82, 2.24) is 0 Å². The highest BCUT2D eigenvalue weighted by Gasteiger charge is 2.45. The molecule has 4 nitrogen and oxygen atoms in total. The summed E-state index contributed by atoms with van der Waals surface area (Å²) in [5.74, 6) is -1.68. The Hall–Kier alpha value is -2.88. The van der Waals surface area contributed by atoms with E-state index in [2.05, 4.69) is 0 Å². The van der Waals surface area contributed by atoms with E-state index in [9.17, 15) is 19.8 Å². The molecule has 0 aromatic heterocycles. The Morgan fingerprint density at radius 2 is 1.18 bits per heavy atom. The van der Waals surface area contributed by atoms with Gasteiger partial charge in [-0.3, -0.25) is 9.59 Å². The number of allylic oxidation sites excluding steroid dienone is 4. The molecule has 2 atom stereocenters. The van der Waals surface area contributed by atoms with Crippen molar-refractivity contribution in [1.29, 1.82) is 0 Å². The second-order valence-electron chi connectivity index (χ2n) is 7.91. The Morgan fingerprint density at radius 3 is 1.54 bits per heavy atom. The third-order valence-corrected chi connectivity index (χ3v) is 6.50. The van der Waals surface area contributed by atoms with Crippen molar-refractivity contribution in [3.63, 3.8) is 0 Å². The lowest BCUT2D eigenvalue weighted by atomic mass is 9.66. The molecule has 0 spiro atoms. The fourth-order valence-electron chi connectivity index (χ4n) is 4.92. The van der Waals surface area contributed by atoms with E-state index in [0.29, 0.717) is 38.5 Å². The van der Waals surface area contributed by atoms with Gasteiger partial charge in [-0.2, -0.15) is 0 Å². The summed E-state index contributed by atoms with van der Waals surface area (Å²) >= 11 is 0. The van der Waals surface area contributed by atoms with E-state index >= 15 is 0 Å². The number of carbonyl (C=O) groups is 2. The smallest absolute Gasteiger partial charge is 0.314 e. The summed E-state index contributed by atoms with van der Waals surface area (Å²) in [6.45, 7) is 0. The highest BCUT2D eigenvalue weighted by molar-refractivity contribution is 5.99. The molecule has 4 heteroatoms. The van der Waals surface area contributed by atoms with Gasteiger partial charge in [0.2, 0.25) is 0 Å². The normalized spacial score (nSPS) is 27.0. The highest BCUT2D eigenvalue weighted by atomic mass is 16.4. The molecule has 0 heterocycles. The predicted octanol–water partition coefficient (Wildman–Crippen LogP) is 4.96. The van der Waals surface area contributed by atoms with Gasteiger partial charge in [-0.05, 0) is 60.4 Å². The molecule has 0 saturated heterocycles. The number of hydrogen-bond acceptors (Lipinski definition) is 2. The topological polar surface area (TPSA) is 74.6 Å². The lowest BCUT2D eigenvalue weighted by Crippen LogP contribution is -2.39. The van der Waals surface area contributed by atoms with Crippen molar-refractivity contribution in [2.75, 3.05) is 0 Å². The van der Waals surface area contributed by atoms with Crippen LogP contribution in [0.5, 0.6) is 0 Å². The first-order chi connectivity index (χ1) is 13.5. The number of carboxylic acids is 2. The van der Waals surface area contributed by atoms with Gasteiger partial charge in [0.1, 0.15) is 0 Å². The molecule has 0 aliphatic heterocycles. The molecule has 0 bridgehead atoms. The number of fused-ring (bicyclic) bond motifs is 1. The van der Waals surface area contributed by atoms with E-state index < -0.39 is 22.8 Å². The van der Waals surface area contributed by atoms with Crippen LogP contribution in [0.4, 0.5) is 0 Å². The standard InChI is InChI=1S/C24H24O4/c25-21(26)23(13-3-1-4-14-23)18-11-7-9-17-10-8-12-19(20(17)18)24(22(27)28)15-5-2-6-16-24/h1-3,5,7-12H,4,6,13-16H2,(H,25,26)(H,27,28). The second-order valence-corrected chi connectivity index (χ2v) is 7.91. The predicted molar refractivity (Wildman–Crippen MR) is 109 cm³/mol. The minimum Gasteiger partial charge on any atom is -0.481 e. The van der Waals surface area contributed by atoms with Gasteiger partial charge in [-0.15, -0.1) is 0 Å². The van der Waals surface area contributed by atoms with Gasteiger partial charge < -0.3 is 10.2 Å². The molecule has 2 aromatic carbocycles. The average Bonchev–Trinajstić information content (AvgIpc) is 2.73. The lowest BCUT2D eigenvalue weighted by Gasteiger charge is -2.36. The monoisotopic (exact) mass is 376 g/mol. The van der Waals surface area contributed by atoms with Crippen LogP contribution in [0.1, 0.15) is 49.7 Å². The zero-order valence-electron chi connectivity index (χ0n) is 15.7. The maximum atomic E-state index is 12.5. The average molecular weight is 376 g/mol. The van der Waals surface area contributed by atoms with Crippen LogP contribution < -0.4 is 0 Å². The fraction of sp³-hybridized carbons (Fsp3) is 0.333. The van der Waals surface area contributed by atoms with Gasteiger partial charge in [0.05, 0.1) is 10.8 Å². The van der Waals surface area contributed by atoms with Crippen LogP contribution in [0.25, 0.3) is 10.8 Å². The largest absolute Gasteiger partial charge is 0.481 e. The SMILES string of the molecule is O=C(O)C1(c2cccc3cccc(C4(C(=O)O)CC=CCC4)c23)CC=CCC1. The first kappa shape index (κ1) is 18.5. The van der Waals surface area contributed by atoms with Crippen LogP contribution >= 0.6 is 0 Å². The maximum Gasteiger partial charge on any atom is 0.314 e. The molecule has 4 rings (SSSR count). The van der Waals surface area contributed by atoms with Gasteiger partial charge in [-0.25, -0.2) is 0 Å². The Bertz CT molecular complexity index is 926. The molecule has 0 amide bonds. The molecule has 2 N–H and O–H groups in total. The van der Waals surface area contributed by atoms with E-state index in [1.54, 1.807) is 0 Å². The van der Waals surface area contributed by atoms with Crippen molar-refractivity contribution in [2.45, 2.75) is 49.4 Å². The van der Waals surface area contributed by atoms with E-state index in [0.717, 1.165) is 21.9 Å². The van der Waals surface area contributed by atoms with Crippen LogP contribution in [-0.2, 0) is 20.4 Å². The fourth-order valence-corrected chi connectivity index (χ4v) is 4.92. The van der Waals surface area contributed by atoms with Crippen molar-refractivity contribution in [3.05, 3.63) is 71.8 Å². The summed E-state index contributed by atoms with van der Waals surface area (Å²) in [6, 6.07) is 11.4.